The van der Waals surface area contributed by atoms with E-state index in [-0.39, 0.29) is 6.61 Å². The normalized spacial score (nSPS) is 29.8. The molecule has 1 saturated heterocycles. The van der Waals surface area contributed by atoms with Crippen LogP contribution in [-0.4, -0.2) is 54.6 Å². The van der Waals surface area contributed by atoms with Gasteiger partial charge in [-0.25, -0.2) is 0 Å². The second-order valence-corrected chi connectivity index (χ2v) is 7.03. The third kappa shape index (κ3) is 2.66. The van der Waals surface area contributed by atoms with Crippen LogP contribution in [0.15, 0.2) is 46.1 Å². The summed E-state index contributed by atoms with van der Waals surface area (Å²) in [6.07, 6.45) is -0.315. The van der Waals surface area contributed by atoms with E-state index in [4.69, 9.17) is 4.74 Å². The van der Waals surface area contributed by atoms with Gasteiger partial charge in [-0.3, -0.25) is 0 Å². The molecule has 0 unspecified atom stereocenters. The predicted molar refractivity (Wildman–Crippen MR) is 89.3 cm³/mol. The summed E-state index contributed by atoms with van der Waals surface area (Å²) >= 11 is 2.27. The Kier molecular flexibility index (Phi) is 4.50. The fourth-order valence-electron chi connectivity index (χ4n) is 2.93. The van der Waals surface area contributed by atoms with Gasteiger partial charge < -0.3 is 0 Å². The van der Waals surface area contributed by atoms with Crippen molar-refractivity contribution in [1.82, 2.24) is 9.55 Å². The zero-order valence-electron chi connectivity index (χ0n) is 12.9. The summed E-state index contributed by atoms with van der Waals surface area (Å²) in [5.74, 6) is 0. The number of rotatable bonds is 3. The van der Waals surface area contributed by atoms with Crippen molar-refractivity contribution in [3.63, 3.8) is 0 Å². The number of nitrogens with one attached hydrogen (secondary N) is 1. The van der Waals surface area contributed by atoms with Gasteiger partial charge >= 0.3 is 145 Å². The van der Waals surface area contributed by atoms with E-state index < -0.39 is 34.0 Å². The van der Waals surface area contributed by atoms with Crippen LogP contribution >= 0.6 is 0 Å². The van der Waals surface area contributed by atoms with Crippen molar-refractivity contribution in [1.29, 1.82) is 0 Å². The fourth-order valence-corrected chi connectivity index (χ4v) is 3.73. The van der Waals surface area contributed by atoms with Crippen molar-refractivity contribution in [2.75, 3.05) is 6.61 Å². The van der Waals surface area contributed by atoms with Crippen molar-refractivity contribution in [3.8, 4) is 11.1 Å². The Bertz CT molecular complexity index is 850. The Morgan fingerprint density at radius 2 is 2.00 bits per heavy atom. The second kappa shape index (κ2) is 6.31. The molecule has 0 aliphatic carbocycles. The van der Waals surface area contributed by atoms with E-state index in [1.54, 1.807) is 31.2 Å². The number of aromatic nitrogens is 2. The quantitative estimate of drug-likeness (QED) is 0.596. The molecule has 2 heterocycles. The zero-order chi connectivity index (χ0) is 17.5. The molecule has 4 atom stereocenters. The van der Waals surface area contributed by atoms with Gasteiger partial charge in [-0.05, 0) is 0 Å². The minimum absolute atomic E-state index is 0.321. The molecule has 3 rings (SSSR count). The standard InChI is InChI=1S/C16H18N2O5Se/c1-16(13(24)12(20)11(8-19)23-16)18-7-10(14(21)17-15(18)22)9-5-3-2-4-6-9/h2-7,11-13,19-20,24H,8H2,1H3,(H,17,21,22)/t11-,12-,13-,16-/m1/s1. The summed E-state index contributed by atoms with van der Waals surface area (Å²) in [5.41, 5.74) is -1.36. The van der Waals surface area contributed by atoms with E-state index in [9.17, 15) is 19.8 Å². The third-order valence-electron chi connectivity index (χ3n) is 4.33. The Hall–Kier alpha value is -1.70. The van der Waals surface area contributed by atoms with Crippen LogP contribution in [0, 0.1) is 0 Å². The average Bonchev–Trinajstić information content (AvgIpc) is 2.80. The van der Waals surface area contributed by atoms with Crippen molar-refractivity contribution < 1.29 is 14.9 Å². The zero-order valence-corrected chi connectivity index (χ0v) is 14.8. The molecule has 1 aliphatic heterocycles. The van der Waals surface area contributed by atoms with Gasteiger partial charge in [0.2, 0.25) is 0 Å². The van der Waals surface area contributed by atoms with Crippen molar-refractivity contribution in [3.05, 3.63) is 57.4 Å². The molecule has 128 valence electrons. The van der Waals surface area contributed by atoms with Crippen LogP contribution in [0.5, 0.6) is 0 Å². The molecule has 1 fully saturated rings. The Labute approximate surface area is 145 Å². The number of aliphatic hydroxyl groups excluding tert-OH is 2. The second-order valence-electron chi connectivity index (χ2n) is 5.87. The molecule has 7 nitrogen and oxygen atoms in total. The summed E-state index contributed by atoms with van der Waals surface area (Å²) < 4.78 is 7.01. The number of H-pyrrole nitrogens is 1. The van der Waals surface area contributed by atoms with Crippen molar-refractivity contribution >= 4 is 16.0 Å². The Morgan fingerprint density at radius 1 is 1.33 bits per heavy atom. The number of aliphatic hydroxyl groups is 2. The molecule has 2 aromatic rings. The van der Waals surface area contributed by atoms with Crippen LogP contribution in [0.4, 0.5) is 0 Å². The Balaban J connectivity index is 2.16. The molecular weight excluding hydrogens is 379 g/mol. The molecule has 0 radical (unpaired) electrons. The summed E-state index contributed by atoms with van der Waals surface area (Å²) in [7, 11) is 0. The van der Waals surface area contributed by atoms with Gasteiger partial charge in [0.15, 0.2) is 0 Å². The number of aromatic amines is 1. The number of nitrogens with zero attached hydrogens (tertiary/aromatic N) is 1. The summed E-state index contributed by atoms with van der Waals surface area (Å²) in [4.78, 5) is 26.3. The van der Waals surface area contributed by atoms with Crippen molar-refractivity contribution in [2.24, 2.45) is 0 Å². The van der Waals surface area contributed by atoms with Crippen LogP contribution in [0.2, 0.25) is 4.82 Å². The molecule has 1 aromatic carbocycles. The van der Waals surface area contributed by atoms with Crippen molar-refractivity contribution in [2.45, 2.75) is 29.7 Å². The summed E-state index contributed by atoms with van der Waals surface area (Å²) in [6, 6.07) is 8.95. The van der Waals surface area contributed by atoms with Gasteiger partial charge in [0.1, 0.15) is 0 Å². The van der Waals surface area contributed by atoms with E-state index in [1.807, 2.05) is 6.07 Å². The van der Waals surface area contributed by atoms with E-state index in [1.165, 1.54) is 10.8 Å². The number of hydrogen-bond acceptors (Lipinski definition) is 5. The number of ether oxygens (including phenoxy) is 1. The first-order valence-electron chi connectivity index (χ1n) is 7.45. The first-order valence-corrected chi connectivity index (χ1v) is 8.53. The molecule has 0 spiro atoms. The first-order chi connectivity index (χ1) is 11.4. The van der Waals surface area contributed by atoms with E-state index in [2.05, 4.69) is 21.0 Å². The maximum absolute atomic E-state index is 12.3. The van der Waals surface area contributed by atoms with Gasteiger partial charge in [0.05, 0.1) is 0 Å². The van der Waals surface area contributed by atoms with E-state index in [0.717, 1.165) is 0 Å². The van der Waals surface area contributed by atoms with Crippen LogP contribution in [0.1, 0.15) is 6.92 Å². The van der Waals surface area contributed by atoms with Crippen LogP contribution in [-0.2, 0) is 10.5 Å². The minimum atomic E-state index is -1.21. The van der Waals surface area contributed by atoms with E-state index in [0.29, 0.717) is 11.1 Å². The SMILES string of the molecule is C[C@@]1(n2cc(-c3ccccc3)c(=O)[nH]c2=O)O[C@H](CO)[C@@H](O)[C@H]1[SeH]. The first kappa shape index (κ1) is 17.1. The molecule has 0 amide bonds. The van der Waals surface area contributed by atoms with E-state index >= 15 is 0 Å². The maximum atomic E-state index is 12.3. The third-order valence-corrected chi connectivity index (χ3v) is 5.97. The molecule has 3 N–H and O–H groups in total. The van der Waals surface area contributed by atoms with Gasteiger partial charge in [0, 0.05) is 0 Å². The van der Waals surface area contributed by atoms with Crippen LogP contribution in [0.25, 0.3) is 11.1 Å². The van der Waals surface area contributed by atoms with Gasteiger partial charge in [-0.1, -0.05) is 0 Å². The summed E-state index contributed by atoms with van der Waals surface area (Å²) in [5, 5.41) is 19.5. The van der Waals surface area contributed by atoms with Gasteiger partial charge in [-0.15, -0.1) is 0 Å². The molecule has 1 aromatic heterocycles. The van der Waals surface area contributed by atoms with Crippen LogP contribution in [0.3, 0.4) is 0 Å². The Morgan fingerprint density at radius 3 is 2.58 bits per heavy atom. The monoisotopic (exact) mass is 398 g/mol. The summed E-state index contributed by atoms with van der Waals surface area (Å²) in [6.45, 7) is 1.28. The molecule has 24 heavy (non-hydrogen) atoms. The average molecular weight is 397 g/mol. The number of hydrogen-bond donors (Lipinski definition) is 3. The van der Waals surface area contributed by atoms with Crippen LogP contribution < -0.4 is 11.2 Å². The predicted octanol–water partition coefficient (Wildman–Crippen LogP) is -0.682. The van der Waals surface area contributed by atoms with Gasteiger partial charge in [-0.2, -0.15) is 0 Å². The topological polar surface area (TPSA) is 105 Å². The molecule has 0 saturated carbocycles. The molecule has 1 aliphatic rings. The molecular formula is C16H18N2O5Se. The number of benzene rings is 1. The molecule has 0 bridgehead atoms. The molecule has 8 heteroatoms. The van der Waals surface area contributed by atoms with Gasteiger partial charge in [0.25, 0.3) is 0 Å². The fraction of sp³-hybridized carbons (Fsp3) is 0.375.